The van der Waals surface area contributed by atoms with Crippen LogP contribution in [0, 0.1) is 0 Å². The second kappa shape index (κ2) is 5.25. The lowest BCUT2D eigenvalue weighted by Gasteiger charge is -2.08. The largest absolute Gasteiger partial charge is 0.457 e. The van der Waals surface area contributed by atoms with Gasteiger partial charge in [-0.1, -0.05) is 42.5 Å². The monoisotopic (exact) mass is 303 g/mol. The standard InChI is InChI=1S/C19H13NO3/c21-18(16-7-3-5-12-4-1-2-6-15(12)16)20-14-9-8-13-11-23-19(22)17(13)10-14/h1-10H,11H2,(H,20,21). The number of esters is 1. The smallest absolute Gasteiger partial charge is 0.338 e. The zero-order chi connectivity index (χ0) is 15.8. The van der Waals surface area contributed by atoms with Gasteiger partial charge in [0.25, 0.3) is 5.91 Å². The Morgan fingerprint density at radius 2 is 1.83 bits per heavy atom. The van der Waals surface area contributed by atoms with E-state index in [9.17, 15) is 9.59 Å². The van der Waals surface area contributed by atoms with Crippen LogP contribution in [0.25, 0.3) is 10.8 Å². The van der Waals surface area contributed by atoms with Crippen LogP contribution in [0.4, 0.5) is 5.69 Å². The summed E-state index contributed by atoms with van der Waals surface area (Å²) in [7, 11) is 0. The van der Waals surface area contributed by atoms with E-state index >= 15 is 0 Å². The van der Waals surface area contributed by atoms with E-state index in [1.54, 1.807) is 24.3 Å². The lowest BCUT2D eigenvalue weighted by atomic mass is 10.0. The van der Waals surface area contributed by atoms with Crippen LogP contribution < -0.4 is 5.32 Å². The number of hydrogen-bond donors (Lipinski definition) is 1. The summed E-state index contributed by atoms with van der Waals surface area (Å²) < 4.78 is 4.97. The average Bonchev–Trinajstić information content (AvgIpc) is 2.95. The molecule has 0 aliphatic carbocycles. The first-order valence-corrected chi connectivity index (χ1v) is 7.31. The van der Waals surface area contributed by atoms with E-state index in [-0.39, 0.29) is 11.9 Å². The molecule has 0 saturated carbocycles. The molecule has 3 aromatic rings. The van der Waals surface area contributed by atoms with Gasteiger partial charge >= 0.3 is 5.97 Å². The van der Waals surface area contributed by atoms with E-state index in [0.717, 1.165) is 16.3 Å². The van der Waals surface area contributed by atoms with Crippen molar-refractivity contribution >= 4 is 28.3 Å². The second-order valence-electron chi connectivity index (χ2n) is 5.43. The van der Waals surface area contributed by atoms with Gasteiger partial charge in [0.15, 0.2) is 0 Å². The summed E-state index contributed by atoms with van der Waals surface area (Å²) in [6, 6.07) is 18.6. The van der Waals surface area contributed by atoms with Crippen molar-refractivity contribution in [2.45, 2.75) is 6.61 Å². The molecule has 1 heterocycles. The van der Waals surface area contributed by atoms with Gasteiger partial charge in [-0.3, -0.25) is 4.79 Å². The highest BCUT2D eigenvalue weighted by atomic mass is 16.5. The summed E-state index contributed by atoms with van der Waals surface area (Å²) in [6.07, 6.45) is 0. The number of carbonyl (C=O) groups is 2. The van der Waals surface area contributed by atoms with Gasteiger partial charge in [-0.15, -0.1) is 0 Å². The van der Waals surface area contributed by atoms with E-state index < -0.39 is 0 Å². The molecule has 0 unspecified atom stereocenters. The number of hydrogen-bond acceptors (Lipinski definition) is 3. The molecule has 4 rings (SSSR count). The van der Waals surface area contributed by atoms with Gasteiger partial charge in [0, 0.05) is 16.8 Å². The molecule has 1 amide bonds. The minimum absolute atomic E-state index is 0.201. The van der Waals surface area contributed by atoms with E-state index in [4.69, 9.17) is 4.74 Å². The number of fused-ring (bicyclic) bond motifs is 2. The highest BCUT2D eigenvalue weighted by Gasteiger charge is 2.21. The Balaban J connectivity index is 1.68. The number of rotatable bonds is 2. The Hall–Kier alpha value is -3.14. The molecule has 4 nitrogen and oxygen atoms in total. The van der Waals surface area contributed by atoms with Gasteiger partial charge in [0.05, 0.1) is 5.56 Å². The Kier molecular flexibility index (Phi) is 3.08. The third-order valence-corrected chi connectivity index (χ3v) is 3.98. The second-order valence-corrected chi connectivity index (χ2v) is 5.43. The van der Waals surface area contributed by atoms with Gasteiger partial charge < -0.3 is 10.1 Å². The molecule has 0 saturated heterocycles. The molecule has 0 fully saturated rings. The molecule has 1 aliphatic rings. The fraction of sp³-hybridized carbons (Fsp3) is 0.0526. The zero-order valence-electron chi connectivity index (χ0n) is 12.2. The molecular formula is C19H13NO3. The van der Waals surface area contributed by atoms with Gasteiger partial charge in [0.1, 0.15) is 6.61 Å². The molecule has 0 aromatic heterocycles. The van der Waals surface area contributed by atoms with Crippen LogP contribution in [0.2, 0.25) is 0 Å². The van der Waals surface area contributed by atoms with Crippen molar-refractivity contribution in [3.05, 3.63) is 77.4 Å². The van der Waals surface area contributed by atoms with E-state index in [1.165, 1.54) is 0 Å². The third-order valence-electron chi connectivity index (χ3n) is 3.98. The third kappa shape index (κ3) is 2.34. The molecule has 0 bridgehead atoms. The molecule has 4 heteroatoms. The highest BCUT2D eigenvalue weighted by molar-refractivity contribution is 6.13. The summed E-state index contributed by atoms with van der Waals surface area (Å²) in [4.78, 5) is 24.2. The van der Waals surface area contributed by atoms with Crippen molar-refractivity contribution in [3.8, 4) is 0 Å². The fourth-order valence-electron chi connectivity index (χ4n) is 2.81. The minimum Gasteiger partial charge on any atom is -0.457 e. The summed E-state index contributed by atoms with van der Waals surface area (Å²) in [5.74, 6) is -0.547. The van der Waals surface area contributed by atoms with Crippen LogP contribution in [0.5, 0.6) is 0 Å². The number of cyclic esters (lactones) is 1. The highest BCUT2D eigenvalue weighted by Crippen LogP contribution is 2.24. The van der Waals surface area contributed by atoms with Gasteiger partial charge in [-0.25, -0.2) is 4.79 Å². The zero-order valence-corrected chi connectivity index (χ0v) is 12.2. The number of carbonyl (C=O) groups excluding carboxylic acids is 2. The predicted octanol–water partition coefficient (Wildman–Crippen LogP) is 3.76. The Bertz CT molecular complexity index is 941. The van der Waals surface area contributed by atoms with Crippen LogP contribution in [0.15, 0.2) is 60.7 Å². The molecular weight excluding hydrogens is 290 g/mol. The van der Waals surface area contributed by atoms with Crippen LogP contribution in [-0.4, -0.2) is 11.9 Å². The summed E-state index contributed by atoms with van der Waals surface area (Å²) in [6.45, 7) is 0.297. The number of ether oxygens (including phenoxy) is 1. The van der Waals surface area contributed by atoms with Crippen LogP contribution in [0.3, 0.4) is 0 Å². The first-order chi connectivity index (χ1) is 11.2. The molecule has 3 aromatic carbocycles. The normalized spacial score (nSPS) is 12.8. The van der Waals surface area contributed by atoms with Crippen molar-refractivity contribution < 1.29 is 14.3 Å². The van der Waals surface area contributed by atoms with Crippen molar-refractivity contribution in [2.24, 2.45) is 0 Å². The van der Waals surface area contributed by atoms with Crippen LogP contribution in [-0.2, 0) is 11.3 Å². The SMILES string of the molecule is O=C1OCc2ccc(NC(=O)c3cccc4ccccc34)cc21. The average molecular weight is 303 g/mol. The number of anilines is 1. The maximum absolute atomic E-state index is 12.6. The summed E-state index contributed by atoms with van der Waals surface area (Å²) >= 11 is 0. The number of benzene rings is 3. The van der Waals surface area contributed by atoms with Gasteiger partial charge in [-0.2, -0.15) is 0 Å². The van der Waals surface area contributed by atoms with Crippen molar-refractivity contribution in [3.63, 3.8) is 0 Å². The van der Waals surface area contributed by atoms with Crippen molar-refractivity contribution in [2.75, 3.05) is 5.32 Å². The maximum atomic E-state index is 12.6. The van der Waals surface area contributed by atoms with Crippen LogP contribution in [0.1, 0.15) is 26.3 Å². The first kappa shape index (κ1) is 13.5. The fourth-order valence-corrected chi connectivity index (χ4v) is 2.81. The molecule has 0 radical (unpaired) electrons. The Morgan fingerprint density at radius 1 is 1.00 bits per heavy atom. The molecule has 1 N–H and O–H groups in total. The molecule has 0 spiro atoms. The molecule has 0 atom stereocenters. The topological polar surface area (TPSA) is 55.4 Å². The van der Waals surface area contributed by atoms with Crippen LogP contribution >= 0.6 is 0 Å². The number of nitrogens with one attached hydrogen (secondary N) is 1. The van der Waals surface area contributed by atoms with E-state index in [1.807, 2.05) is 36.4 Å². The quantitative estimate of drug-likeness (QED) is 0.733. The Morgan fingerprint density at radius 3 is 2.74 bits per heavy atom. The molecule has 1 aliphatic heterocycles. The first-order valence-electron chi connectivity index (χ1n) is 7.31. The van der Waals surface area contributed by atoms with Crippen molar-refractivity contribution in [1.82, 2.24) is 0 Å². The molecule has 112 valence electrons. The van der Waals surface area contributed by atoms with E-state index in [0.29, 0.717) is 23.4 Å². The summed E-state index contributed by atoms with van der Waals surface area (Å²) in [5, 5.41) is 4.76. The lowest BCUT2D eigenvalue weighted by molar-refractivity contribution is 0.0535. The lowest BCUT2D eigenvalue weighted by Crippen LogP contribution is -2.12. The van der Waals surface area contributed by atoms with Gasteiger partial charge in [0.2, 0.25) is 0 Å². The minimum atomic E-state index is -0.346. The summed E-state index contributed by atoms with van der Waals surface area (Å²) in [5.41, 5.74) is 2.55. The predicted molar refractivity (Wildman–Crippen MR) is 87.5 cm³/mol. The van der Waals surface area contributed by atoms with Gasteiger partial charge in [-0.05, 0) is 29.0 Å². The maximum Gasteiger partial charge on any atom is 0.338 e. The number of amides is 1. The Labute approximate surface area is 132 Å². The van der Waals surface area contributed by atoms with E-state index in [2.05, 4.69) is 5.32 Å². The van der Waals surface area contributed by atoms with Crippen molar-refractivity contribution in [1.29, 1.82) is 0 Å². The molecule has 23 heavy (non-hydrogen) atoms.